The Hall–Kier alpha value is -12.3. The molecule has 0 amide bonds. The number of hydrogen-bond acceptors (Lipinski definition) is 14. The first-order chi connectivity index (χ1) is 51.2. The lowest BCUT2D eigenvalue weighted by atomic mass is 10.0. The van der Waals surface area contributed by atoms with E-state index >= 15 is 0 Å². The molecule has 20 heteroatoms. The quantitative estimate of drug-likeness (QED) is 0.149. The molecule has 106 heavy (non-hydrogen) atoms. The van der Waals surface area contributed by atoms with Crippen LogP contribution in [0.4, 0.5) is 0 Å². The first kappa shape index (κ1) is 68.2. The van der Waals surface area contributed by atoms with E-state index in [4.69, 9.17) is 30.9 Å². The van der Waals surface area contributed by atoms with Crippen LogP contribution in [-0.2, 0) is 42.3 Å². The minimum absolute atomic E-state index is 0.497. The van der Waals surface area contributed by atoms with Crippen LogP contribution in [0.1, 0.15) is 57.2 Å². The van der Waals surface area contributed by atoms with Crippen LogP contribution in [0.5, 0.6) is 0 Å². The molecule has 20 aromatic rings. The van der Waals surface area contributed by atoms with Crippen LogP contribution in [0.3, 0.4) is 0 Å². The van der Waals surface area contributed by atoms with E-state index in [2.05, 4.69) is 225 Å². The van der Waals surface area contributed by atoms with Crippen LogP contribution >= 0.6 is 22.7 Å². The molecule has 0 saturated carbocycles. The number of fused-ring (bicyclic) bond motifs is 15. The molecule has 5 aromatic carbocycles. The summed E-state index contributed by atoms with van der Waals surface area (Å²) < 4.78 is 55.7. The highest BCUT2D eigenvalue weighted by Gasteiger charge is 2.27. The fraction of sp³-hybridized carbons (Fsp3) is 0.186. The van der Waals surface area contributed by atoms with Gasteiger partial charge in [-0.2, -0.15) is 4.98 Å². The normalized spacial score (nSPS) is 11.6. The number of imidazole rings is 1. The third-order valence-electron chi connectivity index (χ3n) is 19.7. The Labute approximate surface area is 617 Å². The number of aryl methyl sites for hydroxylation is 16. The lowest BCUT2D eigenvalue weighted by Gasteiger charge is -2.05. The highest BCUT2D eigenvalue weighted by atomic mass is 32.1. The summed E-state index contributed by atoms with van der Waals surface area (Å²) in [5, 5.41) is 5.37. The lowest BCUT2D eigenvalue weighted by Crippen LogP contribution is -2.30. The molecule has 0 unspecified atom stereocenters. The summed E-state index contributed by atoms with van der Waals surface area (Å²) in [6.07, 6.45) is 10.3. The number of rotatable bonds is 5. The first-order valence-electron chi connectivity index (χ1n) is 34.9. The predicted octanol–water partition coefficient (Wildman–Crippen LogP) is 19.1. The van der Waals surface area contributed by atoms with E-state index in [0.717, 1.165) is 138 Å². The molecule has 0 atom stereocenters. The number of oxazole rings is 4. The van der Waals surface area contributed by atoms with Crippen molar-refractivity contribution in [3.63, 3.8) is 0 Å². The van der Waals surface area contributed by atoms with Gasteiger partial charge in [0.15, 0.2) is 81.6 Å². The second kappa shape index (κ2) is 27.1. The summed E-state index contributed by atoms with van der Waals surface area (Å²) >= 11 is 3.39. The number of thiophene rings is 2. The summed E-state index contributed by atoms with van der Waals surface area (Å²) in [6, 6.07) is 52.2. The van der Waals surface area contributed by atoms with E-state index in [0.29, 0.717) is 23.3 Å². The molecule has 0 fully saturated rings. The maximum absolute atomic E-state index is 6.21. The Balaban J connectivity index is 0.000000102. The zero-order chi connectivity index (χ0) is 73.7. The molecule has 0 aliphatic heterocycles. The summed E-state index contributed by atoms with van der Waals surface area (Å²) in [7, 11) is 12.3. The van der Waals surface area contributed by atoms with Crippen molar-refractivity contribution in [3.8, 4) is 56.3 Å². The second-order valence-electron chi connectivity index (χ2n) is 27.0. The van der Waals surface area contributed by atoms with Gasteiger partial charge in [-0.25, -0.2) is 42.8 Å². The summed E-state index contributed by atoms with van der Waals surface area (Å²) in [4.78, 5) is 24.2. The SMILES string of the molecule is Cc1ccc2c(oc3c2nc(C)n3C)c1-c1cccc[n+]1C.Cc1nc2c(o1)oc1cc(-c3cccc[n+]3C)c(C)cc12.Cc1nc2c(o1)sc1c(-c3cccc[n+]3C)c(C)ccc12.Cc1nc2oc3c(-c4cccc[n+]4C)c(C)ccc3c2o1.Cc1nc2sc3c(-c4cccc[n+]4C)c(C)ccc3c2o1. The summed E-state index contributed by atoms with van der Waals surface area (Å²) in [6.45, 7) is 20.1. The molecule has 526 valence electrons. The highest BCUT2D eigenvalue weighted by molar-refractivity contribution is 7.26. The zero-order valence-electron chi connectivity index (χ0n) is 61.9. The molecule has 0 saturated heterocycles. The van der Waals surface area contributed by atoms with E-state index in [1.165, 1.54) is 59.6 Å². The van der Waals surface area contributed by atoms with Crippen molar-refractivity contribution in [1.82, 2.24) is 29.5 Å². The second-order valence-corrected chi connectivity index (χ2v) is 29.0. The minimum atomic E-state index is 0.497. The maximum Gasteiger partial charge on any atom is 0.319 e. The van der Waals surface area contributed by atoms with Crippen LogP contribution in [0.15, 0.2) is 214 Å². The monoisotopic (exact) mass is 1440 g/mol. The van der Waals surface area contributed by atoms with Gasteiger partial charge in [0, 0.05) is 112 Å². The van der Waals surface area contributed by atoms with Gasteiger partial charge in [0.05, 0.1) is 48.0 Å². The third-order valence-corrected chi connectivity index (χ3v) is 21.9. The van der Waals surface area contributed by atoms with Crippen LogP contribution in [0, 0.1) is 69.2 Å². The largest absolute Gasteiger partial charge is 0.439 e. The van der Waals surface area contributed by atoms with Crippen molar-refractivity contribution >= 4 is 130 Å². The Morgan fingerprint density at radius 2 is 0.802 bits per heavy atom. The molecule has 0 N–H and O–H groups in total. The van der Waals surface area contributed by atoms with E-state index < -0.39 is 0 Å². The Kier molecular flexibility index (Phi) is 17.4. The van der Waals surface area contributed by atoms with Gasteiger partial charge in [-0.1, -0.05) is 41.7 Å². The highest BCUT2D eigenvalue weighted by Crippen LogP contribution is 2.44. The van der Waals surface area contributed by atoms with E-state index in [9.17, 15) is 0 Å². The molecule has 0 bridgehead atoms. The van der Waals surface area contributed by atoms with Gasteiger partial charge < -0.3 is 35.5 Å². The molecular weight excluding hydrogens is 1360 g/mol. The number of nitrogens with zero attached hydrogens (tertiary/aromatic N) is 11. The standard InChI is InChI=1S/C18H18N3O.2C17H15N2O2.2C17H15N2OS/c1-11-8-9-13-16-18(21(4)12(2)19-16)22-17(13)15(11)14-7-5-6-10-20(14)3;1-10-7-8-12-15(21-17-16(12)20-11(2)18-17)14(10)13-6-4-5-9-19(13)3;1-10-8-13-15(21-17-16(13)18-11(2)20-17)9-12(10)14-6-4-5-7-19(14)3;1-10-7-8-12-15-17(18-11(2)20-15)21-16(12)14(10)13-6-4-5-9-19(13)3;1-10-7-8-12-15-17(20-11(2)18-15)21-16(12)14(10)13-6-4-5-9-19(13)3/h5-10H,1-4H3;4*4-9H,1-3H3/q5*+1. The number of hydrogen-bond donors (Lipinski definition) is 0. The molecule has 0 aliphatic rings. The van der Waals surface area contributed by atoms with E-state index in [-0.39, 0.29) is 0 Å². The molecule has 20 rings (SSSR count). The van der Waals surface area contributed by atoms with Crippen LogP contribution in [-0.4, -0.2) is 29.5 Å². The van der Waals surface area contributed by atoms with Crippen LogP contribution < -0.4 is 22.8 Å². The van der Waals surface area contributed by atoms with Gasteiger partial charge in [0.1, 0.15) is 57.7 Å². The number of pyridine rings is 5. The third kappa shape index (κ3) is 12.0. The Morgan fingerprint density at radius 3 is 1.38 bits per heavy atom. The molecule has 0 radical (unpaired) electrons. The van der Waals surface area contributed by atoms with Crippen molar-refractivity contribution in [2.45, 2.75) is 69.2 Å². The van der Waals surface area contributed by atoms with Gasteiger partial charge in [-0.3, -0.25) is 0 Å². The first-order valence-corrected chi connectivity index (χ1v) is 36.6. The van der Waals surface area contributed by atoms with Gasteiger partial charge in [0.2, 0.25) is 44.7 Å². The average molecular weight is 1440 g/mol. The number of aromatic nitrogens is 11. The van der Waals surface area contributed by atoms with Crippen molar-refractivity contribution < 1.29 is 53.8 Å². The number of furan rings is 3. The van der Waals surface area contributed by atoms with Crippen LogP contribution in [0.25, 0.3) is 164 Å². The molecule has 15 aromatic heterocycles. The van der Waals surface area contributed by atoms with Crippen molar-refractivity contribution in [2.75, 3.05) is 0 Å². The van der Waals surface area contributed by atoms with E-state index in [1.54, 1.807) is 22.7 Å². The average Bonchev–Trinajstić information content (AvgIpc) is 1.59. The fourth-order valence-corrected chi connectivity index (χ4v) is 16.8. The van der Waals surface area contributed by atoms with Gasteiger partial charge in [-0.05, 0) is 130 Å². The molecule has 0 spiro atoms. The predicted molar refractivity (Wildman–Crippen MR) is 417 cm³/mol. The zero-order valence-corrected chi connectivity index (χ0v) is 63.5. The molecule has 18 nitrogen and oxygen atoms in total. The maximum atomic E-state index is 6.21. The molecule has 0 aliphatic carbocycles. The Morgan fingerprint density at radius 1 is 0.340 bits per heavy atom. The van der Waals surface area contributed by atoms with Crippen molar-refractivity contribution in [3.05, 3.63) is 240 Å². The van der Waals surface area contributed by atoms with Gasteiger partial charge in [-0.15, -0.1) is 11.3 Å². The summed E-state index contributed by atoms with van der Waals surface area (Å²) in [5.74, 6) is 4.16. The lowest BCUT2D eigenvalue weighted by molar-refractivity contribution is -0.660. The minimum Gasteiger partial charge on any atom is -0.439 e. The topological polar surface area (TPSA) is 181 Å². The van der Waals surface area contributed by atoms with Crippen molar-refractivity contribution in [2.24, 2.45) is 42.3 Å². The van der Waals surface area contributed by atoms with E-state index in [1.807, 2.05) is 121 Å². The van der Waals surface area contributed by atoms with Crippen molar-refractivity contribution in [1.29, 1.82) is 0 Å². The molecular formula is C86H78N11O7S2+5. The van der Waals surface area contributed by atoms with Crippen LogP contribution in [0.2, 0.25) is 0 Å². The van der Waals surface area contributed by atoms with Gasteiger partial charge >= 0.3 is 5.78 Å². The summed E-state index contributed by atoms with van der Waals surface area (Å²) in [5.41, 5.74) is 26.1. The molecule has 15 heterocycles. The Bertz CT molecular complexity index is 6460. The fourth-order valence-electron chi connectivity index (χ4n) is 14.3. The smallest absolute Gasteiger partial charge is 0.319 e. The number of benzene rings is 5. The van der Waals surface area contributed by atoms with Gasteiger partial charge in [0.25, 0.3) is 5.71 Å².